The number of alkyl halides is 3. The van der Waals surface area contributed by atoms with Crippen molar-refractivity contribution in [2.45, 2.75) is 11.3 Å². The Morgan fingerprint density at radius 3 is 2.48 bits per heavy atom. The molecule has 0 aliphatic rings. The van der Waals surface area contributed by atoms with Crippen molar-refractivity contribution in [3.05, 3.63) is 57.6 Å². The predicted molar refractivity (Wildman–Crippen MR) is 99.5 cm³/mol. The van der Waals surface area contributed by atoms with Crippen LogP contribution in [0.25, 0.3) is 21.8 Å². The highest BCUT2D eigenvalue weighted by Gasteiger charge is 2.45. The van der Waals surface area contributed by atoms with Gasteiger partial charge in [-0.1, -0.05) is 35.3 Å². The zero-order valence-electron chi connectivity index (χ0n) is 13.2. The third kappa shape index (κ3) is 4.43. The van der Waals surface area contributed by atoms with Gasteiger partial charge in [0.15, 0.2) is 0 Å². The maximum absolute atomic E-state index is 12.5. The first-order valence-corrected chi connectivity index (χ1v) is 10.5. The Morgan fingerprint density at radius 2 is 1.85 bits per heavy atom. The van der Waals surface area contributed by atoms with Crippen LogP contribution in [0.15, 0.2) is 41.9 Å². The van der Waals surface area contributed by atoms with Gasteiger partial charge >= 0.3 is 5.51 Å². The van der Waals surface area contributed by atoms with Crippen molar-refractivity contribution in [2.75, 3.05) is 0 Å². The lowest BCUT2D eigenvalue weighted by Crippen LogP contribution is -2.24. The van der Waals surface area contributed by atoms with Gasteiger partial charge in [-0.15, -0.1) is 11.3 Å². The van der Waals surface area contributed by atoms with Crippen molar-refractivity contribution in [2.24, 2.45) is 0 Å². The summed E-state index contributed by atoms with van der Waals surface area (Å²) in [6, 6.07) is 7.31. The molecule has 142 valence electrons. The molecule has 0 unspecified atom stereocenters. The molecule has 1 aromatic carbocycles. The zero-order valence-corrected chi connectivity index (χ0v) is 16.3. The molecular weight excluding hydrogens is 444 g/mol. The fourth-order valence-electron chi connectivity index (χ4n) is 2.22. The highest BCUT2D eigenvalue weighted by Crippen LogP contribution is 2.34. The Kier molecular flexibility index (Phi) is 5.49. The number of nitrogens with zero attached hydrogens (tertiary/aromatic N) is 2. The first kappa shape index (κ1) is 20.1. The highest BCUT2D eigenvalue weighted by molar-refractivity contribution is 7.91. The lowest BCUT2D eigenvalue weighted by atomic mass is 10.1. The summed E-state index contributed by atoms with van der Waals surface area (Å²) in [6.45, 7) is 0. The van der Waals surface area contributed by atoms with Crippen LogP contribution >= 0.6 is 34.5 Å². The van der Waals surface area contributed by atoms with Crippen LogP contribution in [-0.4, -0.2) is 23.9 Å². The second kappa shape index (κ2) is 7.38. The molecule has 0 spiro atoms. The maximum atomic E-state index is 12.5. The van der Waals surface area contributed by atoms with Crippen molar-refractivity contribution in [3.8, 4) is 21.8 Å². The van der Waals surface area contributed by atoms with Crippen LogP contribution in [0.3, 0.4) is 0 Å². The summed E-state index contributed by atoms with van der Waals surface area (Å²) in [6.07, 6.45) is 1.54. The molecule has 3 aromatic rings. The highest BCUT2D eigenvalue weighted by atomic mass is 35.5. The Morgan fingerprint density at radius 1 is 1.11 bits per heavy atom. The van der Waals surface area contributed by atoms with E-state index in [4.69, 9.17) is 23.2 Å². The average molecular weight is 453 g/mol. The summed E-state index contributed by atoms with van der Waals surface area (Å²) in [7, 11) is -5.27. The van der Waals surface area contributed by atoms with E-state index in [-0.39, 0.29) is 10.6 Å². The Hall–Kier alpha value is -1.68. The van der Waals surface area contributed by atoms with E-state index in [1.807, 2.05) is 0 Å². The summed E-state index contributed by atoms with van der Waals surface area (Å²) in [4.78, 5) is 8.34. The van der Waals surface area contributed by atoms with Crippen molar-refractivity contribution >= 4 is 44.4 Å². The Bertz CT molecular complexity index is 1100. The Balaban J connectivity index is 1.89. The number of thiazole rings is 1. The molecule has 0 saturated carbocycles. The molecule has 0 aliphatic heterocycles. The number of aromatic nitrogens is 2. The molecule has 0 radical (unpaired) electrons. The van der Waals surface area contributed by atoms with E-state index in [0.717, 1.165) is 5.56 Å². The minimum atomic E-state index is -5.31. The van der Waals surface area contributed by atoms with E-state index in [2.05, 4.69) is 9.97 Å². The molecule has 0 N–H and O–H groups in total. The number of hydrogen-bond acceptors (Lipinski definition) is 5. The van der Waals surface area contributed by atoms with E-state index in [1.165, 1.54) is 29.5 Å². The van der Waals surface area contributed by atoms with Crippen molar-refractivity contribution in [3.63, 3.8) is 0 Å². The molecule has 0 atom stereocenters. The fraction of sp³-hybridized carbons (Fsp3) is 0.125. The van der Waals surface area contributed by atoms with Gasteiger partial charge in [-0.2, -0.15) is 13.2 Å². The molecule has 27 heavy (non-hydrogen) atoms. The molecule has 0 amide bonds. The van der Waals surface area contributed by atoms with E-state index in [9.17, 15) is 21.6 Å². The second-order valence-corrected chi connectivity index (χ2v) is 9.06. The van der Waals surface area contributed by atoms with Gasteiger partial charge in [0.05, 0.1) is 16.5 Å². The lowest BCUT2D eigenvalue weighted by Gasteiger charge is -2.09. The Labute approximate surface area is 166 Å². The second-order valence-electron chi connectivity index (χ2n) is 5.42. The van der Waals surface area contributed by atoms with Crippen LogP contribution in [0.2, 0.25) is 10.2 Å². The number of pyridine rings is 1. The van der Waals surface area contributed by atoms with Crippen LogP contribution < -0.4 is 0 Å². The van der Waals surface area contributed by atoms with Crippen LogP contribution in [0, 0.1) is 0 Å². The van der Waals surface area contributed by atoms with Gasteiger partial charge in [-0.05, 0) is 23.8 Å². The van der Waals surface area contributed by atoms with Crippen molar-refractivity contribution in [1.82, 2.24) is 9.97 Å². The predicted octanol–water partition coefficient (Wildman–Crippen LogP) is 5.61. The minimum absolute atomic E-state index is 0.0579. The number of hydrogen-bond donors (Lipinski definition) is 0. The fourth-order valence-corrected chi connectivity index (χ4v) is 4.30. The van der Waals surface area contributed by atoms with E-state index < -0.39 is 21.1 Å². The molecule has 3 rings (SSSR count). The van der Waals surface area contributed by atoms with E-state index in [1.54, 1.807) is 23.7 Å². The van der Waals surface area contributed by atoms with E-state index in [0.29, 0.717) is 21.4 Å². The maximum Gasteiger partial charge on any atom is 0.497 e. The van der Waals surface area contributed by atoms with Crippen LogP contribution in [0.1, 0.15) is 5.56 Å². The number of halogens is 5. The summed E-state index contributed by atoms with van der Waals surface area (Å²) in [5.74, 6) is -1.17. The van der Waals surface area contributed by atoms with Crippen molar-refractivity contribution in [1.29, 1.82) is 0 Å². The molecule has 4 nitrogen and oxygen atoms in total. The molecule has 0 aliphatic carbocycles. The third-order valence-corrected chi connectivity index (χ3v) is 6.33. The molecule has 2 heterocycles. The summed E-state index contributed by atoms with van der Waals surface area (Å²) in [5.41, 5.74) is -3.62. The van der Waals surface area contributed by atoms with Gasteiger partial charge < -0.3 is 0 Å². The molecule has 11 heteroatoms. The first-order chi connectivity index (χ1) is 12.6. The van der Waals surface area contributed by atoms with Gasteiger partial charge in [-0.3, -0.25) is 0 Å². The normalized spacial score (nSPS) is 12.3. The van der Waals surface area contributed by atoms with E-state index >= 15 is 0 Å². The quantitative estimate of drug-likeness (QED) is 0.482. The van der Waals surface area contributed by atoms with Crippen LogP contribution in [0.5, 0.6) is 0 Å². The average Bonchev–Trinajstić information content (AvgIpc) is 3.03. The molecule has 0 bridgehead atoms. The van der Waals surface area contributed by atoms with Gasteiger partial charge in [0.25, 0.3) is 9.84 Å². The molecule has 0 fully saturated rings. The van der Waals surface area contributed by atoms with Gasteiger partial charge in [0, 0.05) is 22.7 Å². The lowest BCUT2D eigenvalue weighted by molar-refractivity contribution is -0.0437. The monoisotopic (exact) mass is 452 g/mol. The van der Waals surface area contributed by atoms with Crippen LogP contribution in [-0.2, 0) is 15.6 Å². The summed E-state index contributed by atoms with van der Waals surface area (Å²) >= 11 is 13.3. The topological polar surface area (TPSA) is 59.9 Å². The van der Waals surface area contributed by atoms with Crippen LogP contribution in [0.4, 0.5) is 13.2 Å². The standard InChI is InChI=1S/C16H9Cl2F3N2O2S2/c17-12-5-9(8-27(24,25)16(19,20)21)1-2-11(12)13-7-26-15(23-13)10-3-4-22-14(18)6-10/h1-7H,8H2. The van der Waals surface area contributed by atoms with Gasteiger partial charge in [-0.25, -0.2) is 18.4 Å². The zero-order chi connectivity index (χ0) is 19.8. The number of sulfone groups is 1. The molecule has 2 aromatic heterocycles. The summed E-state index contributed by atoms with van der Waals surface area (Å²) < 4.78 is 60.1. The molecule has 0 saturated heterocycles. The largest absolute Gasteiger partial charge is 0.497 e. The van der Waals surface area contributed by atoms with Crippen molar-refractivity contribution < 1.29 is 21.6 Å². The molecular formula is C16H9Cl2F3N2O2S2. The number of benzene rings is 1. The minimum Gasteiger partial charge on any atom is -0.245 e. The van der Waals surface area contributed by atoms with Gasteiger partial charge in [0.1, 0.15) is 10.2 Å². The first-order valence-electron chi connectivity index (χ1n) is 7.22. The summed E-state index contributed by atoms with van der Waals surface area (Å²) in [5, 5.41) is 2.82. The third-order valence-electron chi connectivity index (χ3n) is 3.50. The number of rotatable bonds is 4. The van der Waals surface area contributed by atoms with Gasteiger partial charge in [0.2, 0.25) is 0 Å². The SMILES string of the molecule is O=S(=O)(Cc1ccc(-c2csc(-c3ccnc(Cl)c3)n2)c(Cl)c1)C(F)(F)F. The smallest absolute Gasteiger partial charge is 0.245 e.